The maximum atomic E-state index is 12.2. The molecule has 1 aromatic heterocycles. The normalized spacial score (nSPS) is 20.7. The molecule has 0 spiro atoms. The molecule has 19 heavy (non-hydrogen) atoms. The molecule has 0 saturated carbocycles. The highest BCUT2D eigenvalue weighted by atomic mass is 32.2. The summed E-state index contributed by atoms with van der Waals surface area (Å²) in [6.07, 6.45) is 7.31. The van der Waals surface area contributed by atoms with Crippen molar-refractivity contribution in [3.8, 4) is 0 Å². The van der Waals surface area contributed by atoms with E-state index in [2.05, 4.69) is 28.2 Å². The van der Waals surface area contributed by atoms with Gasteiger partial charge in [-0.1, -0.05) is 0 Å². The molecule has 1 amide bonds. The van der Waals surface area contributed by atoms with Crippen LogP contribution in [0.3, 0.4) is 0 Å². The van der Waals surface area contributed by atoms with Crippen molar-refractivity contribution in [2.75, 3.05) is 38.7 Å². The van der Waals surface area contributed by atoms with Crippen LogP contribution in [0, 0.1) is 0 Å². The zero-order chi connectivity index (χ0) is 13.7. The van der Waals surface area contributed by atoms with Gasteiger partial charge in [-0.25, -0.2) is 4.98 Å². The zero-order valence-electron chi connectivity index (χ0n) is 11.6. The number of hydrogen-bond donors (Lipinski definition) is 1. The first kappa shape index (κ1) is 14.4. The quantitative estimate of drug-likeness (QED) is 0.829. The van der Waals surface area contributed by atoms with Crippen molar-refractivity contribution in [2.24, 2.45) is 0 Å². The van der Waals surface area contributed by atoms with Gasteiger partial charge in [-0.2, -0.15) is 11.8 Å². The summed E-state index contributed by atoms with van der Waals surface area (Å²) in [7, 11) is 2.09. The third-order valence-corrected chi connectivity index (χ3v) is 4.27. The fraction of sp³-hybridized carbons (Fsp3) is 0.692. The summed E-state index contributed by atoms with van der Waals surface area (Å²) in [5.74, 6) is 2.28. The Hall–Kier alpha value is -1.01. The Morgan fingerprint density at radius 2 is 2.42 bits per heavy atom. The van der Waals surface area contributed by atoms with Crippen LogP contribution in [-0.4, -0.2) is 64.4 Å². The average Bonchev–Trinajstić information content (AvgIpc) is 2.93. The van der Waals surface area contributed by atoms with Crippen LogP contribution in [0.2, 0.25) is 0 Å². The number of aromatic amines is 1. The van der Waals surface area contributed by atoms with E-state index in [0.29, 0.717) is 6.42 Å². The molecule has 0 aromatic carbocycles. The summed E-state index contributed by atoms with van der Waals surface area (Å²) in [6, 6.07) is 0.188. The van der Waals surface area contributed by atoms with Gasteiger partial charge in [0.05, 0.1) is 6.04 Å². The number of nitrogens with one attached hydrogen (secondary N) is 1. The predicted molar refractivity (Wildman–Crippen MR) is 78.2 cm³/mol. The lowest BCUT2D eigenvalue weighted by atomic mass is 10.1. The van der Waals surface area contributed by atoms with Crippen molar-refractivity contribution in [1.82, 2.24) is 19.8 Å². The second kappa shape index (κ2) is 6.96. The highest BCUT2D eigenvalue weighted by Gasteiger charge is 2.29. The first-order valence-corrected chi connectivity index (χ1v) is 8.08. The number of imidazole rings is 1. The molecule has 1 aromatic rings. The first-order valence-electron chi connectivity index (χ1n) is 6.68. The van der Waals surface area contributed by atoms with E-state index in [9.17, 15) is 4.79 Å². The van der Waals surface area contributed by atoms with E-state index >= 15 is 0 Å². The maximum Gasteiger partial charge on any atom is 0.222 e. The molecule has 0 bridgehead atoms. The number of H-pyrrole nitrogens is 1. The molecule has 1 saturated heterocycles. The van der Waals surface area contributed by atoms with Crippen LogP contribution in [0.25, 0.3) is 0 Å². The van der Waals surface area contributed by atoms with Gasteiger partial charge in [0.2, 0.25) is 5.91 Å². The van der Waals surface area contributed by atoms with Crippen molar-refractivity contribution in [3.05, 3.63) is 18.2 Å². The smallest absolute Gasteiger partial charge is 0.222 e. The Labute approximate surface area is 118 Å². The van der Waals surface area contributed by atoms with E-state index in [4.69, 9.17) is 0 Å². The van der Waals surface area contributed by atoms with E-state index in [1.54, 1.807) is 18.0 Å². The molecule has 1 N–H and O–H groups in total. The van der Waals surface area contributed by atoms with Crippen molar-refractivity contribution in [2.45, 2.75) is 18.9 Å². The van der Waals surface area contributed by atoms with Crippen LogP contribution < -0.4 is 0 Å². The van der Waals surface area contributed by atoms with Crippen LogP contribution in [0.5, 0.6) is 0 Å². The number of aromatic nitrogens is 2. The number of rotatable bonds is 5. The van der Waals surface area contributed by atoms with Crippen LogP contribution in [-0.2, 0) is 4.79 Å². The van der Waals surface area contributed by atoms with Crippen molar-refractivity contribution < 1.29 is 4.79 Å². The summed E-state index contributed by atoms with van der Waals surface area (Å²) in [5, 5.41) is 0. The summed E-state index contributed by atoms with van der Waals surface area (Å²) in [5.41, 5.74) is 0. The Morgan fingerprint density at radius 3 is 3.11 bits per heavy atom. The number of nitrogens with zero attached hydrogens (tertiary/aromatic N) is 3. The Bertz CT molecular complexity index is 395. The number of thioether (sulfide) groups is 1. The number of hydrogen-bond acceptors (Lipinski definition) is 4. The largest absolute Gasteiger partial charge is 0.347 e. The molecule has 6 heteroatoms. The van der Waals surface area contributed by atoms with E-state index in [0.717, 1.165) is 37.6 Å². The van der Waals surface area contributed by atoms with E-state index in [1.165, 1.54) is 0 Å². The molecular weight excluding hydrogens is 260 g/mol. The fourth-order valence-electron chi connectivity index (χ4n) is 2.38. The minimum absolute atomic E-state index is 0.188. The monoisotopic (exact) mass is 282 g/mol. The van der Waals surface area contributed by atoms with Gasteiger partial charge in [-0.05, 0) is 25.5 Å². The summed E-state index contributed by atoms with van der Waals surface area (Å²) >= 11 is 1.80. The van der Waals surface area contributed by atoms with Crippen molar-refractivity contribution in [3.63, 3.8) is 0 Å². The predicted octanol–water partition coefficient (Wildman–Crippen LogP) is 1.37. The minimum atomic E-state index is 0.188. The number of carbonyl (C=O) groups is 1. The van der Waals surface area contributed by atoms with Crippen LogP contribution in [0.15, 0.2) is 12.4 Å². The van der Waals surface area contributed by atoms with Crippen LogP contribution in [0.1, 0.15) is 24.7 Å². The van der Waals surface area contributed by atoms with Crippen molar-refractivity contribution >= 4 is 17.7 Å². The second-order valence-corrected chi connectivity index (χ2v) is 5.89. The standard InChI is InChI=1S/C13H22N4OS/c1-16-7-8-17(12(18)4-3-9-19-2)10-11(16)13-14-5-6-15-13/h5-6,11H,3-4,7-10H2,1-2H3,(H,14,15)/t11-/m1/s1. The molecule has 1 aliphatic heterocycles. The lowest BCUT2D eigenvalue weighted by molar-refractivity contribution is -0.134. The number of carbonyl (C=O) groups excluding carboxylic acids is 1. The number of amides is 1. The number of likely N-dealkylation sites (N-methyl/N-ethyl adjacent to an activating group) is 1. The van der Waals surface area contributed by atoms with Gasteiger partial charge in [0.15, 0.2) is 0 Å². The topological polar surface area (TPSA) is 52.2 Å². The van der Waals surface area contributed by atoms with Gasteiger partial charge in [0, 0.05) is 38.4 Å². The third kappa shape index (κ3) is 3.73. The first-order chi connectivity index (χ1) is 9.22. The molecule has 2 heterocycles. The highest BCUT2D eigenvalue weighted by molar-refractivity contribution is 7.98. The van der Waals surface area contributed by atoms with Crippen LogP contribution >= 0.6 is 11.8 Å². The van der Waals surface area contributed by atoms with Crippen molar-refractivity contribution in [1.29, 1.82) is 0 Å². The molecule has 5 nitrogen and oxygen atoms in total. The van der Waals surface area contributed by atoms with E-state index < -0.39 is 0 Å². The molecule has 0 unspecified atom stereocenters. The second-order valence-electron chi connectivity index (χ2n) is 4.91. The minimum Gasteiger partial charge on any atom is -0.347 e. The lowest BCUT2D eigenvalue weighted by Crippen LogP contribution is -2.49. The molecule has 2 rings (SSSR count). The van der Waals surface area contributed by atoms with Gasteiger partial charge < -0.3 is 9.88 Å². The number of piperazine rings is 1. The van der Waals surface area contributed by atoms with Gasteiger partial charge in [-0.3, -0.25) is 9.69 Å². The van der Waals surface area contributed by atoms with E-state index in [-0.39, 0.29) is 11.9 Å². The van der Waals surface area contributed by atoms with Crippen LogP contribution in [0.4, 0.5) is 0 Å². The van der Waals surface area contributed by atoms with Gasteiger partial charge >= 0.3 is 0 Å². The van der Waals surface area contributed by atoms with Gasteiger partial charge in [0.1, 0.15) is 5.82 Å². The molecular formula is C13H22N4OS. The molecule has 106 valence electrons. The van der Waals surface area contributed by atoms with E-state index in [1.807, 2.05) is 11.1 Å². The van der Waals surface area contributed by atoms with Gasteiger partial charge in [-0.15, -0.1) is 0 Å². The molecule has 1 fully saturated rings. The molecule has 0 radical (unpaired) electrons. The van der Waals surface area contributed by atoms with Gasteiger partial charge in [0.25, 0.3) is 0 Å². The Morgan fingerprint density at radius 1 is 1.58 bits per heavy atom. The zero-order valence-corrected chi connectivity index (χ0v) is 12.4. The average molecular weight is 282 g/mol. The summed E-state index contributed by atoms with van der Waals surface area (Å²) in [6.45, 7) is 2.47. The third-order valence-electron chi connectivity index (χ3n) is 3.57. The Balaban J connectivity index is 1.91. The summed E-state index contributed by atoms with van der Waals surface area (Å²) in [4.78, 5) is 23.9. The SMILES string of the molecule is CSCCCC(=O)N1CCN(C)[C@@H](c2ncc[nH]2)C1. The summed E-state index contributed by atoms with van der Waals surface area (Å²) < 4.78 is 0. The molecule has 1 atom stereocenters. The fourth-order valence-corrected chi connectivity index (χ4v) is 2.81. The lowest BCUT2D eigenvalue weighted by Gasteiger charge is -2.38. The molecule has 1 aliphatic rings. The Kier molecular flexibility index (Phi) is 5.27. The molecule has 0 aliphatic carbocycles. The maximum absolute atomic E-state index is 12.2. The highest BCUT2D eigenvalue weighted by Crippen LogP contribution is 2.21.